The Balaban J connectivity index is 2.65. The van der Waals surface area contributed by atoms with Gasteiger partial charge in [0.2, 0.25) is 0 Å². The van der Waals surface area contributed by atoms with Crippen LogP contribution in [-0.2, 0) is 9.53 Å². The Hall–Kier alpha value is -1.45. The topological polar surface area (TPSA) is 45.3 Å². The van der Waals surface area contributed by atoms with Crippen LogP contribution in [0.4, 0.5) is 5.82 Å². The fraction of sp³-hybridized carbons (Fsp3) is 0.583. The number of methoxy groups -OCH3 is 1. The Labute approximate surface area is 96.6 Å². The van der Waals surface area contributed by atoms with Crippen LogP contribution in [0.25, 0.3) is 0 Å². The van der Waals surface area contributed by atoms with Crippen molar-refractivity contribution in [2.75, 3.05) is 25.6 Å². The van der Waals surface area contributed by atoms with E-state index in [1.54, 1.807) is 0 Å². The van der Waals surface area contributed by atoms with E-state index >= 15 is 0 Å². The summed E-state index contributed by atoms with van der Waals surface area (Å²) < 4.78 is 4.82. The molecule has 0 saturated carbocycles. The van der Waals surface area contributed by atoms with Gasteiger partial charge in [0.05, 0.1) is 13.0 Å². The third-order valence-corrected chi connectivity index (χ3v) is 2.77. The Morgan fingerprint density at radius 2 is 2.25 bits per heavy atom. The SMILES string of the molecule is COC(=O)C(CN(C)c1ccc[nH]1)C(C)C. The normalized spacial score (nSPS) is 12.6. The van der Waals surface area contributed by atoms with Crippen molar-refractivity contribution in [2.45, 2.75) is 13.8 Å². The van der Waals surface area contributed by atoms with Gasteiger partial charge < -0.3 is 14.6 Å². The zero-order valence-electron chi connectivity index (χ0n) is 10.4. The molecule has 4 heteroatoms. The maximum atomic E-state index is 11.6. The lowest BCUT2D eigenvalue weighted by Crippen LogP contribution is -2.34. The van der Waals surface area contributed by atoms with Gasteiger partial charge in [-0.25, -0.2) is 0 Å². The molecule has 1 heterocycles. The van der Waals surface area contributed by atoms with E-state index < -0.39 is 0 Å². The van der Waals surface area contributed by atoms with Gasteiger partial charge in [-0.15, -0.1) is 0 Å². The predicted octanol–water partition coefficient (Wildman–Crippen LogP) is 1.90. The average molecular weight is 224 g/mol. The highest BCUT2D eigenvalue weighted by molar-refractivity contribution is 5.73. The minimum absolute atomic E-state index is 0.0988. The van der Waals surface area contributed by atoms with E-state index in [1.165, 1.54) is 7.11 Å². The summed E-state index contributed by atoms with van der Waals surface area (Å²) in [6, 6.07) is 3.92. The number of carbonyl (C=O) groups excluding carboxylic acids is 1. The maximum Gasteiger partial charge on any atom is 0.310 e. The monoisotopic (exact) mass is 224 g/mol. The predicted molar refractivity (Wildman–Crippen MR) is 64.4 cm³/mol. The van der Waals surface area contributed by atoms with Gasteiger partial charge in [0.15, 0.2) is 0 Å². The summed E-state index contributed by atoms with van der Waals surface area (Å²) in [6.07, 6.45) is 1.87. The van der Waals surface area contributed by atoms with Crippen molar-refractivity contribution < 1.29 is 9.53 Å². The van der Waals surface area contributed by atoms with Crippen LogP contribution in [0.5, 0.6) is 0 Å². The number of hydrogen-bond acceptors (Lipinski definition) is 3. The lowest BCUT2D eigenvalue weighted by atomic mass is 9.95. The molecule has 0 bridgehead atoms. The van der Waals surface area contributed by atoms with E-state index in [1.807, 2.05) is 44.1 Å². The number of H-pyrrole nitrogens is 1. The van der Waals surface area contributed by atoms with E-state index in [0.29, 0.717) is 6.54 Å². The van der Waals surface area contributed by atoms with E-state index in [2.05, 4.69) is 4.98 Å². The van der Waals surface area contributed by atoms with Crippen LogP contribution < -0.4 is 4.90 Å². The molecule has 1 unspecified atom stereocenters. The van der Waals surface area contributed by atoms with Crippen LogP contribution in [0.15, 0.2) is 18.3 Å². The molecule has 1 rings (SSSR count). The Kier molecular flexibility index (Phi) is 4.40. The van der Waals surface area contributed by atoms with Gasteiger partial charge >= 0.3 is 5.97 Å². The van der Waals surface area contributed by atoms with Crippen LogP contribution in [0.1, 0.15) is 13.8 Å². The summed E-state index contributed by atoms with van der Waals surface area (Å²) in [7, 11) is 3.40. The number of nitrogens with one attached hydrogen (secondary N) is 1. The molecule has 16 heavy (non-hydrogen) atoms. The lowest BCUT2D eigenvalue weighted by Gasteiger charge is -2.25. The number of nitrogens with zero attached hydrogens (tertiary/aromatic N) is 1. The minimum Gasteiger partial charge on any atom is -0.469 e. The van der Waals surface area contributed by atoms with Crippen molar-refractivity contribution in [1.29, 1.82) is 0 Å². The van der Waals surface area contributed by atoms with Gasteiger partial charge in [-0.1, -0.05) is 13.8 Å². The summed E-state index contributed by atoms with van der Waals surface area (Å²) in [5.41, 5.74) is 0. The molecule has 1 aromatic rings. The zero-order valence-corrected chi connectivity index (χ0v) is 10.4. The van der Waals surface area contributed by atoms with Gasteiger partial charge in [-0.3, -0.25) is 4.79 Å². The van der Waals surface area contributed by atoms with Crippen LogP contribution >= 0.6 is 0 Å². The number of carbonyl (C=O) groups is 1. The van der Waals surface area contributed by atoms with Crippen LogP contribution in [0.2, 0.25) is 0 Å². The quantitative estimate of drug-likeness (QED) is 0.777. The van der Waals surface area contributed by atoms with E-state index in [4.69, 9.17) is 4.74 Å². The third kappa shape index (κ3) is 3.02. The molecule has 0 fully saturated rings. The van der Waals surface area contributed by atoms with Crippen molar-refractivity contribution in [3.63, 3.8) is 0 Å². The first kappa shape index (κ1) is 12.6. The maximum absolute atomic E-state index is 11.6. The number of rotatable bonds is 5. The Bertz CT molecular complexity index is 320. The molecule has 4 nitrogen and oxygen atoms in total. The third-order valence-electron chi connectivity index (χ3n) is 2.77. The number of aromatic amines is 1. The van der Waals surface area contributed by atoms with Gasteiger partial charge in [0.1, 0.15) is 5.82 Å². The second-order valence-electron chi connectivity index (χ2n) is 4.31. The van der Waals surface area contributed by atoms with Crippen molar-refractivity contribution in [3.8, 4) is 0 Å². The number of aromatic nitrogens is 1. The van der Waals surface area contributed by atoms with Crippen LogP contribution in [0, 0.1) is 11.8 Å². The largest absolute Gasteiger partial charge is 0.469 e. The minimum atomic E-state index is -0.145. The summed E-state index contributed by atoms with van der Waals surface area (Å²) in [5, 5.41) is 0. The van der Waals surface area contributed by atoms with Gasteiger partial charge in [0.25, 0.3) is 0 Å². The Morgan fingerprint density at radius 1 is 1.56 bits per heavy atom. The first-order chi connectivity index (χ1) is 7.56. The fourth-order valence-electron chi connectivity index (χ4n) is 1.66. The summed E-state index contributed by atoms with van der Waals surface area (Å²) in [6.45, 7) is 4.72. The molecular formula is C12H20N2O2. The molecule has 0 spiro atoms. The smallest absolute Gasteiger partial charge is 0.310 e. The summed E-state index contributed by atoms with van der Waals surface area (Å²) >= 11 is 0. The molecule has 0 amide bonds. The molecule has 0 aliphatic rings. The molecule has 0 aliphatic heterocycles. The van der Waals surface area contributed by atoms with Crippen molar-refractivity contribution >= 4 is 11.8 Å². The zero-order chi connectivity index (χ0) is 12.1. The van der Waals surface area contributed by atoms with E-state index in [-0.39, 0.29) is 17.8 Å². The van der Waals surface area contributed by atoms with Gasteiger partial charge in [0, 0.05) is 19.8 Å². The van der Waals surface area contributed by atoms with Crippen LogP contribution in [0.3, 0.4) is 0 Å². The number of anilines is 1. The number of ether oxygens (including phenoxy) is 1. The van der Waals surface area contributed by atoms with E-state index in [0.717, 1.165) is 5.82 Å². The average Bonchev–Trinajstić information content (AvgIpc) is 2.77. The van der Waals surface area contributed by atoms with E-state index in [9.17, 15) is 4.79 Å². The van der Waals surface area contributed by atoms with Gasteiger partial charge in [-0.05, 0) is 18.1 Å². The molecule has 1 atom stereocenters. The van der Waals surface area contributed by atoms with Crippen molar-refractivity contribution in [3.05, 3.63) is 18.3 Å². The summed E-state index contributed by atoms with van der Waals surface area (Å²) in [5.74, 6) is 1.03. The molecule has 0 aromatic carbocycles. The second kappa shape index (κ2) is 5.58. The Morgan fingerprint density at radius 3 is 2.69 bits per heavy atom. The second-order valence-corrected chi connectivity index (χ2v) is 4.31. The molecule has 0 radical (unpaired) electrons. The highest BCUT2D eigenvalue weighted by Crippen LogP contribution is 2.17. The lowest BCUT2D eigenvalue weighted by molar-refractivity contribution is -0.146. The molecular weight excluding hydrogens is 204 g/mol. The summed E-state index contributed by atoms with van der Waals surface area (Å²) in [4.78, 5) is 16.7. The first-order valence-corrected chi connectivity index (χ1v) is 5.48. The van der Waals surface area contributed by atoms with Crippen molar-refractivity contribution in [2.24, 2.45) is 11.8 Å². The molecule has 1 N–H and O–H groups in total. The highest BCUT2D eigenvalue weighted by atomic mass is 16.5. The molecule has 90 valence electrons. The molecule has 0 aliphatic carbocycles. The standard InChI is InChI=1S/C12H20N2O2/c1-9(2)10(12(15)16-4)8-14(3)11-6-5-7-13-11/h5-7,9-10,13H,8H2,1-4H3. The molecule has 1 aromatic heterocycles. The first-order valence-electron chi connectivity index (χ1n) is 5.48. The van der Waals surface area contributed by atoms with Crippen LogP contribution in [-0.4, -0.2) is 31.7 Å². The van der Waals surface area contributed by atoms with Crippen molar-refractivity contribution in [1.82, 2.24) is 4.98 Å². The highest BCUT2D eigenvalue weighted by Gasteiger charge is 2.24. The number of esters is 1. The number of hydrogen-bond donors (Lipinski definition) is 1. The fourth-order valence-corrected chi connectivity index (χ4v) is 1.66. The molecule has 0 saturated heterocycles. The van der Waals surface area contributed by atoms with Gasteiger partial charge in [-0.2, -0.15) is 0 Å².